The predicted molar refractivity (Wildman–Crippen MR) is 90.1 cm³/mol. The number of anilines is 1. The molecule has 0 saturated carbocycles. The largest absolute Gasteiger partial charge is 0.369 e. The first-order chi connectivity index (χ1) is 11.2. The van der Waals surface area contributed by atoms with Gasteiger partial charge in [0, 0.05) is 50.4 Å². The van der Waals surface area contributed by atoms with Gasteiger partial charge in [-0.2, -0.15) is 0 Å². The molecule has 1 aromatic rings. The summed E-state index contributed by atoms with van der Waals surface area (Å²) >= 11 is 0. The summed E-state index contributed by atoms with van der Waals surface area (Å²) in [5.41, 5.74) is 6.55. The van der Waals surface area contributed by atoms with Gasteiger partial charge < -0.3 is 21.3 Å². The molecule has 3 rings (SSSR count). The number of aliphatic imine (C=N–C) groups is 1. The van der Waals surface area contributed by atoms with Gasteiger partial charge in [-0.15, -0.1) is 0 Å². The van der Waals surface area contributed by atoms with Crippen LogP contribution in [0, 0.1) is 5.92 Å². The molecule has 0 unspecified atom stereocenters. The number of guanidine groups is 1. The standard InChI is InChI=1S/C16H24N6O/c17-14(23)12-4-9-22(10-5-12)15-13(3-1-6-18-15)11-21-16-19-7-2-8-20-16/h1,3,6,12H,2,4-5,7-11H2,(H2,17,23)(H2,19,20,21). The first kappa shape index (κ1) is 15.6. The summed E-state index contributed by atoms with van der Waals surface area (Å²) in [4.78, 5) is 22.5. The van der Waals surface area contributed by atoms with Crippen LogP contribution in [0.5, 0.6) is 0 Å². The number of hydrogen-bond acceptors (Lipinski definition) is 6. The summed E-state index contributed by atoms with van der Waals surface area (Å²) in [6.07, 6.45) is 4.49. The molecule has 3 heterocycles. The topological polar surface area (TPSA) is 95.6 Å². The fourth-order valence-corrected chi connectivity index (χ4v) is 3.06. The Balaban J connectivity index is 1.64. The summed E-state index contributed by atoms with van der Waals surface area (Å²) in [5.74, 6) is 1.66. The molecular formula is C16H24N6O. The highest BCUT2D eigenvalue weighted by atomic mass is 16.1. The van der Waals surface area contributed by atoms with Crippen LogP contribution in [0.25, 0.3) is 0 Å². The van der Waals surface area contributed by atoms with E-state index in [4.69, 9.17) is 5.73 Å². The maximum absolute atomic E-state index is 11.3. The van der Waals surface area contributed by atoms with Gasteiger partial charge in [-0.25, -0.2) is 4.98 Å². The van der Waals surface area contributed by atoms with E-state index in [1.807, 2.05) is 12.3 Å². The van der Waals surface area contributed by atoms with Gasteiger partial charge in [0.2, 0.25) is 5.91 Å². The molecule has 1 fully saturated rings. The number of amides is 1. The van der Waals surface area contributed by atoms with Crippen LogP contribution in [-0.4, -0.2) is 43.0 Å². The second-order valence-corrected chi connectivity index (χ2v) is 6.01. The van der Waals surface area contributed by atoms with E-state index in [-0.39, 0.29) is 11.8 Å². The van der Waals surface area contributed by atoms with E-state index in [9.17, 15) is 4.79 Å². The van der Waals surface area contributed by atoms with E-state index >= 15 is 0 Å². The molecule has 23 heavy (non-hydrogen) atoms. The molecule has 0 atom stereocenters. The van der Waals surface area contributed by atoms with E-state index in [0.29, 0.717) is 6.54 Å². The molecule has 1 saturated heterocycles. The molecule has 0 bridgehead atoms. The van der Waals surface area contributed by atoms with Gasteiger partial charge in [0.05, 0.1) is 0 Å². The Kier molecular flexibility index (Phi) is 4.95. The van der Waals surface area contributed by atoms with Crippen LogP contribution in [0.4, 0.5) is 5.82 Å². The quantitative estimate of drug-likeness (QED) is 0.739. The van der Waals surface area contributed by atoms with Crippen LogP contribution in [0.1, 0.15) is 24.8 Å². The van der Waals surface area contributed by atoms with E-state index < -0.39 is 0 Å². The number of carbonyl (C=O) groups excluding carboxylic acids is 1. The number of primary amides is 1. The summed E-state index contributed by atoms with van der Waals surface area (Å²) in [7, 11) is 0. The zero-order chi connectivity index (χ0) is 16.1. The third kappa shape index (κ3) is 3.91. The summed E-state index contributed by atoms with van der Waals surface area (Å²) in [6, 6.07) is 4.03. The lowest BCUT2D eigenvalue weighted by Gasteiger charge is -2.32. The molecule has 0 spiro atoms. The number of hydrogen-bond donors (Lipinski definition) is 3. The van der Waals surface area contributed by atoms with Crippen LogP contribution in [0.2, 0.25) is 0 Å². The minimum atomic E-state index is -0.186. The van der Waals surface area contributed by atoms with E-state index in [0.717, 1.165) is 62.8 Å². The van der Waals surface area contributed by atoms with Gasteiger partial charge >= 0.3 is 0 Å². The average Bonchev–Trinajstić information content (AvgIpc) is 2.61. The highest BCUT2D eigenvalue weighted by Crippen LogP contribution is 2.24. The molecule has 4 N–H and O–H groups in total. The Labute approximate surface area is 136 Å². The maximum atomic E-state index is 11.3. The zero-order valence-corrected chi connectivity index (χ0v) is 13.3. The van der Waals surface area contributed by atoms with Crippen molar-refractivity contribution in [2.24, 2.45) is 16.6 Å². The van der Waals surface area contributed by atoms with Gasteiger partial charge in [-0.1, -0.05) is 6.07 Å². The molecule has 1 aromatic heterocycles. The van der Waals surface area contributed by atoms with Crippen LogP contribution in [0.15, 0.2) is 23.3 Å². The van der Waals surface area contributed by atoms with Crippen molar-refractivity contribution in [3.05, 3.63) is 23.9 Å². The highest BCUT2D eigenvalue weighted by Gasteiger charge is 2.24. The van der Waals surface area contributed by atoms with Gasteiger partial charge in [-0.3, -0.25) is 9.79 Å². The molecule has 0 aromatic carbocycles. The molecule has 124 valence electrons. The van der Waals surface area contributed by atoms with Crippen molar-refractivity contribution >= 4 is 17.7 Å². The number of nitrogens with zero attached hydrogens (tertiary/aromatic N) is 3. The van der Waals surface area contributed by atoms with Gasteiger partial charge in [-0.05, 0) is 25.3 Å². The lowest BCUT2D eigenvalue weighted by molar-refractivity contribution is -0.122. The van der Waals surface area contributed by atoms with E-state index in [1.165, 1.54) is 0 Å². The number of nitrogens with two attached hydrogens (primary N) is 1. The Morgan fingerprint density at radius 2 is 2.26 bits per heavy atom. The minimum Gasteiger partial charge on any atom is -0.369 e. The van der Waals surface area contributed by atoms with Gasteiger partial charge in [0.1, 0.15) is 5.82 Å². The third-order valence-corrected chi connectivity index (χ3v) is 4.41. The summed E-state index contributed by atoms with van der Waals surface area (Å²) in [6.45, 7) is 4.15. The lowest BCUT2D eigenvalue weighted by atomic mass is 9.96. The van der Waals surface area contributed by atoms with Crippen LogP contribution in [0.3, 0.4) is 0 Å². The van der Waals surface area contributed by atoms with Crippen molar-refractivity contribution in [2.45, 2.75) is 25.8 Å². The normalized spacial score (nSPS) is 19.0. The van der Waals surface area contributed by atoms with Crippen LogP contribution in [-0.2, 0) is 11.3 Å². The van der Waals surface area contributed by atoms with Crippen molar-refractivity contribution in [3.63, 3.8) is 0 Å². The van der Waals surface area contributed by atoms with Gasteiger partial charge in [0.25, 0.3) is 0 Å². The Morgan fingerprint density at radius 3 is 2.96 bits per heavy atom. The Hall–Kier alpha value is -2.31. The second kappa shape index (κ2) is 7.30. The highest BCUT2D eigenvalue weighted by molar-refractivity contribution is 5.80. The Morgan fingerprint density at radius 1 is 1.43 bits per heavy atom. The molecule has 0 radical (unpaired) electrons. The number of pyridine rings is 1. The zero-order valence-electron chi connectivity index (χ0n) is 13.3. The molecule has 0 aliphatic carbocycles. The molecule has 7 nitrogen and oxygen atoms in total. The monoisotopic (exact) mass is 316 g/mol. The van der Waals surface area contributed by atoms with E-state index in [1.54, 1.807) is 0 Å². The van der Waals surface area contributed by atoms with Crippen molar-refractivity contribution in [1.82, 2.24) is 15.6 Å². The third-order valence-electron chi connectivity index (χ3n) is 4.41. The predicted octanol–water partition coefficient (Wildman–Crippen LogP) is 0.222. The molecule has 2 aliphatic rings. The van der Waals surface area contributed by atoms with Crippen LogP contribution >= 0.6 is 0 Å². The maximum Gasteiger partial charge on any atom is 0.220 e. The number of aromatic nitrogens is 1. The van der Waals surface area contributed by atoms with Crippen molar-refractivity contribution in [2.75, 3.05) is 31.1 Å². The van der Waals surface area contributed by atoms with Crippen molar-refractivity contribution in [3.8, 4) is 0 Å². The Bertz CT molecular complexity index is 580. The summed E-state index contributed by atoms with van der Waals surface area (Å²) in [5, 5.41) is 6.60. The fraction of sp³-hybridized carbons (Fsp3) is 0.562. The van der Waals surface area contributed by atoms with Gasteiger partial charge in [0.15, 0.2) is 5.96 Å². The molecule has 2 aliphatic heterocycles. The molecule has 7 heteroatoms. The number of piperidine rings is 1. The van der Waals surface area contributed by atoms with Crippen LogP contribution < -0.4 is 21.3 Å². The lowest BCUT2D eigenvalue weighted by Crippen LogP contribution is -2.41. The first-order valence-corrected chi connectivity index (χ1v) is 8.24. The summed E-state index contributed by atoms with van der Waals surface area (Å²) < 4.78 is 0. The molecule has 1 amide bonds. The van der Waals surface area contributed by atoms with E-state index in [2.05, 4.69) is 31.6 Å². The molecular weight excluding hydrogens is 292 g/mol. The minimum absolute atomic E-state index is 0.00247. The smallest absolute Gasteiger partial charge is 0.220 e. The average molecular weight is 316 g/mol. The SMILES string of the molecule is NC(=O)C1CCN(c2ncccc2CNC2=NCCCN2)CC1. The number of rotatable bonds is 4. The number of carbonyl (C=O) groups is 1. The van der Waals surface area contributed by atoms with Crippen molar-refractivity contribution < 1.29 is 4.79 Å². The second-order valence-electron chi connectivity index (χ2n) is 6.01. The first-order valence-electron chi connectivity index (χ1n) is 8.24. The fourth-order valence-electron chi connectivity index (χ4n) is 3.06. The number of nitrogens with one attached hydrogen (secondary N) is 2. The van der Waals surface area contributed by atoms with Crippen molar-refractivity contribution in [1.29, 1.82) is 0 Å².